The van der Waals surface area contributed by atoms with Crippen molar-refractivity contribution in [1.82, 2.24) is 4.98 Å². The van der Waals surface area contributed by atoms with E-state index in [0.29, 0.717) is 0 Å². The molecular weight excluding hydrogens is 222 g/mol. The van der Waals surface area contributed by atoms with Gasteiger partial charge in [0.2, 0.25) is 0 Å². The molecule has 4 nitrogen and oxygen atoms in total. The number of hydrogen-bond acceptors (Lipinski definition) is 4. The lowest BCUT2D eigenvalue weighted by Gasteiger charge is -2.07. The van der Waals surface area contributed by atoms with Gasteiger partial charge in [-0.15, -0.1) is 0 Å². The third-order valence-corrected chi connectivity index (χ3v) is 2.90. The number of aromatic nitrogens is 1. The van der Waals surface area contributed by atoms with Crippen LogP contribution in [0.5, 0.6) is 5.75 Å². The summed E-state index contributed by atoms with van der Waals surface area (Å²) in [6.45, 7) is 0. The Bertz CT molecular complexity index is 542. The molecule has 1 aromatic heterocycles. The first-order valence-electron chi connectivity index (χ1n) is 4.66. The number of para-hydroxylation sites is 1. The Hall–Kier alpha value is -1.75. The number of amidine groups is 1. The fraction of sp³-hybridized carbons (Fsp3) is 0.0909. The maximum Gasteiger partial charge on any atom is 0.156 e. The summed E-state index contributed by atoms with van der Waals surface area (Å²) in [5.41, 5.74) is 6.18. The largest absolute Gasteiger partial charge is 0.496 e. The highest BCUT2D eigenvalue weighted by molar-refractivity contribution is 8.13. The second kappa shape index (κ2) is 4.40. The summed E-state index contributed by atoms with van der Waals surface area (Å²) in [4.78, 5) is 5.15. The Kier molecular flexibility index (Phi) is 2.96. The SMILES string of the molecule is COc1ccnc2c(SC(=N)N)cccc12. The molecule has 5 heteroatoms. The zero-order chi connectivity index (χ0) is 11.5. The average molecular weight is 233 g/mol. The molecule has 0 spiro atoms. The van der Waals surface area contributed by atoms with Gasteiger partial charge in [-0.05, 0) is 18.2 Å². The Morgan fingerprint density at radius 2 is 2.25 bits per heavy atom. The van der Waals surface area contributed by atoms with Crippen molar-refractivity contribution in [3.63, 3.8) is 0 Å². The minimum atomic E-state index is 0.0529. The van der Waals surface area contributed by atoms with Crippen molar-refractivity contribution in [2.24, 2.45) is 5.73 Å². The topological polar surface area (TPSA) is 72.0 Å². The molecule has 2 aromatic rings. The van der Waals surface area contributed by atoms with E-state index in [4.69, 9.17) is 15.9 Å². The number of rotatable bonds is 2. The molecule has 1 aromatic carbocycles. The molecule has 82 valence electrons. The van der Waals surface area contributed by atoms with Crippen molar-refractivity contribution in [3.8, 4) is 5.75 Å². The average Bonchev–Trinajstić information content (AvgIpc) is 2.28. The number of pyridine rings is 1. The first-order chi connectivity index (χ1) is 7.72. The van der Waals surface area contributed by atoms with Gasteiger partial charge in [-0.3, -0.25) is 10.4 Å². The highest BCUT2D eigenvalue weighted by Crippen LogP contribution is 2.30. The van der Waals surface area contributed by atoms with E-state index >= 15 is 0 Å². The van der Waals surface area contributed by atoms with Crippen LogP contribution in [0.4, 0.5) is 0 Å². The Morgan fingerprint density at radius 3 is 2.94 bits per heavy atom. The molecule has 0 saturated heterocycles. The highest BCUT2D eigenvalue weighted by Gasteiger charge is 2.07. The first kappa shape index (κ1) is 10.8. The van der Waals surface area contributed by atoms with Gasteiger partial charge in [0.15, 0.2) is 5.17 Å². The zero-order valence-corrected chi connectivity index (χ0v) is 9.54. The predicted molar refractivity (Wildman–Crippen MR) is 66.1 cm³/mol. The molecule has 0 unspecified atom stereocenters. The van der Waals surface area contributed by atoms with Crippen LogP contribution in [-0.4, -0.2) is 17.3 Å². The Labute approximate surface area is 97.3 Å². The minimum absolute atomic E-state index is 0.0529. The lowest BCUT2D eigenvalue weighted by Crippen LogP contribution is -2.03. The molecule has 16 heavy (non-hydrogen) atoms. The normalized spacial score (nSPS) is 10.3. The Morgan fingerprint density at radius 1 is 1.44 bits per heavy atom. The van der Waals surface area contributed by atoms with Crippen molar-refractivity contribution in [2.45, 2.75) is 4.90 Å². The molecule has 0 atom stereocenters. The summed E-state index contributed by atoms with van der Waals surface area (Å²) in [7, 11) is 1.62. The van der Waals surface area contributed by atoms with Crippen LogP contribution in [-0.2, 0) is 0 Å². The van der Waals surface area contributed by atoms with Crippen molar-refractivity contribution in [1.29, 1.82) is 5.41 Å². The smallest absolute Gasteiger partial charge is 0.156 e. The van der Waals surface area contributed by atoms with Crippen LogP contribution >= 0.6 is 11.8 Å². The number of fused-ring (bicyclic) bond motifs is 1. The molecule has 2 rings (SSSR count). The maximum atomic E-state index is 7.29. The van der Waals surface area contributed by atoms with Gasteiger partial charge in [0.05, 0.1) is 12.6 Å². The van der Waals surface area contributed by atoms with Crippen LogP contribution in [0.25, 0.3) is 10.9 Å². The van der Waals surface area contributed by atoms with E-state index in [0.717, 1.165) is 21.5 Å². The summed E-state index contributed by atoms with van der Waals surface area (Å²) in [5, 5.41) is 8.27. The number of methoxy groups -OCH3 is 1. The van der Waals surface area contributed by atoms with Gasteiger partial charge in [0, 0.05) is 16.5 Å². The molecule has 0 bridgehead atoms. The molecule has 0 amide bonds. The number of hydrogen-bond donors (Lipinski definition) is 2. The second-order valence-corrected chi connectivity index (χ2v) is 4.22. The number of nitrogens with two attached hydrogens (primary N) is 1. The van der Waals surface area contributed by atoms with Gasteiger partial charge in [0.1, 0.15) is 5.75 Å². The van der Waals surface area contributed by atoms with Crippen LogP contribution in [0.3, 0.4) is 0 Å². The molecule has 0 fully saturated rings. The van der Waals surface area contributed by atoms with Crippen molar-refractivity contribution in [3.05, 3.63) is 30.5 Å². The summed E-state index contributed by atoms with van der Waals surface area (Å²) in [6.07, 6.45) is 1.69. The summed E-state index contributed by atoms with van der Waals surface area (Å²) >= 11 is 1.19. The lowest BCUT2D eigenvalue weighted by atomic mass is 10.2. The molecule has 1 heterocycles. The molecule has 0 radical (unpaired) electrons. The van der Waals surface area contributed by atoms with Crippen molar-refractivity contribution < 1.29 is 4.74 Å². The molecule has 3 N–H and O–H groups in total. The van der Waals surface area contributed by atoms with E-state index in [1.165, 1.54) is 11.8 Å². The lowest BCUT2D eigenvalue weighted by molar-refractivity contribution is 0.419. The van der Waals surface area contributed by atoms with E-state index in [9.17, 15) is 0 Å². The van der Waals surface area contributed by atoms with Gasteiger partial charge >= 0.3 is 0 Å². The summed E-state index contributed by atoms with van der Waals surface area (Å²) in [5.74, 6) is 0.774. The van der Waals surface area contributed by atoms with E-state index in [-0.39, 0.29) is 5.17 Å². The van der Waals surface area contributed by atoms with E-state index in [1.54, 1.807) is 13.3 Å². The van der Waals surface area contributed by atoms with Gasteiger partial charge < -0.3 is 10.5 Å². The van der Waals surface area contributed by atoms with Crippen LogP contribution in [0.2, 0.25) is 0 Å². The fourth-order valence-electron chi connectivity index (χ4n) is 1.50. The maximum absolute atomic E-state index is 7.29. The van der Waals surface area contributed by atoms with Crippen LogP contribution in [0.1, 0.15) is 0 Å². The summed E-state index contributed by atoms with van der Waals surface area (Å²) < 4.78 is 5.25. The third-order valence-electron chi connectivity index (χ3n) is 2.13. The highest BCUT2D eigenvalue weighted by atomic mass is 32.2. The quantitative estimate of drug-likeness (QED) is 0.474. The second-order valence-electron chi connectivity index (χ2n) is 3.13. The van der Waals surface area contributed by atoms with Crippen LogP contribution in [0, 0.1) is 5.41 Å². The predicted octanol–water partition coefficient (Wildman–Crippen LogP) is 2.23. The molecule has 0 saturated carbocycles. The van der Waals surface area contributed by atoms with Crippen LogP contribution in [0.15, 0.2) is 35.4 Å². The number of ether oxygens (including phenoxy) is 1. The van der Waals surface area contributed by atoms with Gasteiger partial charge in [-0.1, -0.05) is 17.8 Å². The number of benzene rings is 1. The van der Waals surface area contributed by atoms with Gasteiger partial charge in [-0.2, -0.15) is 0 Å². The number of nitrogens with one attached hydrogen (secondary N) is 1. The van der Waals surface area contributed by atoms with Crippen LogP contribution < -0.4 is 10.5 Å². The van der Waals surface area contributed by atoms with Crippen molar-refractivity contribution in [2.75, 3.05) is 7.11 Å². The fourth-order valence-corrected chi connectivity index (χ4v) is 2.15. The summed E-state index contributed by atoms with van der Waals surface area (Å²) in [6, 6.07) is 7.54. The minimum Gasteiger partial charge on any atom is -0.496 e. The van der Waals surface area contributed by atoms with Crippen molar-refractivity contribution >= 4 is 27.8 Å². The molecule has 0 aliphatic rings. The van der Waals surface area contributed by atoms with E-state index in [1.807, 2.05) is 24.3 Å². The number of thioether (sulfide) groups is 1. The molecular formula is C11H11N3OS. The standard InChI is InChI=1S/C11H11N3OS/c1-15-8-5-6-14-10-7(8)3-2-4-9(10)16-11(12)13/h2-6H,1H3,(H3,12,13). The third kappa shape index (κ3) is 1.94. The molecule has 0 aliphatic heterocycles. The van der Waals surface area contributed by atoms with E-state index < -0.39 is 0 Å². The Balaban J connectivity index is 2.64. The monoisotopic (exact) mass is 233 g/mol. The van der Waals surface area contributed by atoms with Gasteiger partial charge in [0.25, 0.3) is 0 Å². The van der Waals surface area contributed by atoms with E-state index in [2.05, 4.69) is 4.98 Å². The zero-order valence-electron chi connectivity index (χ0n) is 8.73. The first-order valence-corrected chi connectivity index (χ1v) is 5.47. The number of nitrogens with zero attached hydrogens (tertiary/aromatic N) is 1. The van der Waals surface area contributed by atoms with Gasteiger partial charge in [-0.25, -0.2) is 0 Å². The molecule has 0 aliphatic carbocycles.